The molecule has 0 N–H and O–H groups in total. The van der Waals surface area contributed by atoms with Crippen LogP contribution in [-0.4, -0.2) is 52.3 Å². The molecule has 3 rings (SSSR count). The van der Waals surface area contributed by atoms with E-state index in [1.807, 2.05) is 23.1 Å². The minimum atomic E-state index is 0.143. The van der Waals surface area contributed by atoms with E-state index >= 15 is 0 Å². The van der Waals surface area contributed by atoms with Gasteiger partial charge >= 0.3 is 0 Å². The maximum atomic E-state index is 12.4. The first-order chi connectivity index (χ1) is 11.2. The molecule has 0 spiro atoms. The first-order valence-electron chi connectivity index (χ1n) is 8.71. The van der Waals surface area contributed by atoms with Crippen LogP contribution in [0.1, 0.15) is 44.2 Å². The summed E-state index contributed by atoms with van der Waals surface area (Å²) in [4.78, 5) is 32.8. The van der Waals surface area contributed by atoms with Crippen molar-refractivity contribution in [1.82, 2.24) is 14.8 Å². The van der Waals surface area contributed by atoms with Gasteiger partial charge in [-0.1, -0.05) is 12.5 Å². The number of carbonyl (C=O) groups excluding carboxylic acids is 2. The molecule has 0 radical (unpaired) electrons. The first-order valence-corrected chi connectivity index (χ1v) is 8.71. The van der Waals surface area contributed by atoms with Crippen LogP contribution in [0.3, 0.4) is 0 Å². The molecule has 1 aromatic rings. The average Bonchev–Trinajstić information content (AvgIpc) is 2.80. The largest absolute Gasteiger partial charge is 0.342 e. The summed E-state index contributed by atoms with van der Waals surface area (Å²) in [5.74, 6) is 0.449. The summed E-state index contributed by atoms with van der Waals surface area (Å²) >= 11 is 0. The third kappa shape index (κ3) is 4.09. The Labute approximate surface area is 137 Å². The van der Waals surface area contributed by atoms with Crippen molar-refractivity contribution in [3.05, 3.63) is 30.1 Å². The molecule has 0 aliphatic carbocycles. The van der Waals surface area contributed by atoms with Gasteiger partial charge in [0.25, 0.3) is 0 Å². The third-order valence-electron chi connectivity index (χ3n) is 4.93. The second-order valence-corrected chi connectivity index (χ2v) is 6.51. The number of rotatable bonds is 3. The van der Waals surface area contributed by atoms with Crippen LogP contribution in [0.25, 0.3) is 0 Å². The lowest BCUT2D eigenvalue weighted by Gasteiger charge is -2.38. The number of likely N-dealkylation sites (tertiary alicyclic amines) is 2. The highest BCUT2D eigenvalue weighted by Gasteiger charge is 2.30. The van der Waals surface area contributed by atoms with Crippen molar-refractivity contribution < 1.29 is 9.59 Å². The number of amides is 2. The number of hydrogen-bond donors (Lipinski definition) is 0. The Morgan fingerprint density at radius 2 is 1.96 bits per heavy atom. The summed E-state index contributed by atoms with van der Waals surface area (Å²) in [7, 11) is 0. The number of pyridine rings is 1. The van der Waals surface area contributed by atoms with Gasteiger partial charge in [0.05, 0.1) is 6.42 Å². The van der Waals surface area contributed by atoms with Crippen molar-refractivity contribution in [2.75, 3.05) is 19.6 Å². The van der Waals surface area contributed by atoms with Gasteiger partial charge in [-0.3, -0.25) is 14.6 Å². The maximum absolute atomic E-state index is 12.4. The number of aromatic nitrogens is 1. The van der Waals surface area contributed by atoms with Gasteiger partial charge in [-0.25, -0.2) is 0 Å². The highest BCUT2D eigenvalue weighted by molar-refractivity contribution is 5.79. The van der Waals surface area contributed by atoms with Crippen LogP contribution in [0.15, 0.2) is 24.4 Å². The lowest BCUT2D eigenvalue weighted by molar-refractivity contribution is -0.136. The molecule has 2 aliphatic heterocycles. The lowest BCUT2D eigenvalue weighted by Crippen LogP contribution is -2.49. The van der Waals surface area contributed by atoms with Crippen LogP contribution in [0.5, 0.6) is 0 Å². The maximum Gasteiger partial charge on any atom is 0.228 e. The summed E-state index contributed by atoms with van der Waals surface area (Å²) in [6.45, 7) is 2.39. The molecular weight excluding hydrogens is 290 g/mol. The molecule has 5 nitrogen and oxygen atoms in total. The van der Waals surface area contributed by atoms with E-state index in [-0.39, 0.29) is 5.91 Å². The van der Waals surface area contributed by atoms with Crippen molar-refractivity contribution in [3.63, 3.8) is 0 Å². The van der Waals surface area contributed by atoms with E-state index in [0.29, 0.717) is 24.8 Å². The molecule has 0 atom stereocenters. The van der Waals surface area contributed by atoms with E-state index in [0.717, 1.165) is 57.4 Å². The van der Waals surface area contributed by atoms with Gasteiger partial charge in [0.1, 0.15) is 0 Å². The third-order valence-corrected chi connectivity index (χ3v) is 4.93. The molecule has 1 aromatic heterocycles. The highest BCUT2D eigenvalue weighted by Crippen LogP contribution is 2.21. The zero-order valence-corrected chi connectivity index (χ0v) is 13.6. The van der Waals surface area contributed by atoms with E-state index in [9.17, 15) is 9.59 Å². The van der Waals surface area contributed by atoms with Gasteiger partial charge in [0, 0.05) is 44.0 Å². The monoisotopic (exact) mass is 315 g/mol. The summed E-state index contributed by atoms with van der Waals surface area (Å²) in [6, 6.07) is 5.98. The Morgan fingerprint density at radius 3 is 2.70 bits per heavy atom. The molecule has 2 amide bonds. The second kappa shape index (κ2) is 7.57. The minimum Gasteiger partial charge on any atom is -0.342 e. The van der Waals surface area contributed by atoms with Crippen LogP contribution in [0.4, 0.5) is 0 Å². The molecule has 124 valence electrons. The summed E-state index contributed by atoms with van der Waals surface area (Å²) in [5.41, 5.74) is 0.822. The van der Waals surface area contributed by atoms with Gasteiger partial charge < -0.3 is 9.80 Å². The number of carbonyl (C=O) groups is 2. The Hall–Kier alpha value is -1.91. The Bertz CT molecular complexity index is 538. The van der Waals surface area contributed by atoms with Crippen LogP contribution >= 0.6 is 0 Å². The summed E-state index contributed by atoms with van der Waals surface area (Å²) in [6.07, 6.45) is 7.89. The summed E-state index contributed by atoms with van der Waals surface area (Å²) < 4.78 is 0. The van der Waals surface area contributed by atoms with Crippen LogP contribution in [0.2, 0.25) is 0 Å². The molecule has 0 saturated carbocycles. The molecule has 2 aliphatic rings. The van der Waals surface area contributed by atoms with E-state index in [1.54, 1.807) is 6.20 Å². The normalized spacial score (nSPS) is 20.4. The summed E-state index contributed by atoms with van der Waals surface area (Å²) in [5, 5.41) is 0. The fourth-order valence-corrected chi connectivity index (χ4v) is 3.59. The molecule has 0 unspecified atom stereocenters. The zero-order valence-electron chi connectivity index (χ0n) is 13.6. The predicted molar refractivity (Wildman–Crippen MR) is 87.7 cm³/mol. The van der Waals surface area contributed by atoms with E-state index in [4.69, 9.17) is 0 Å². The Morgan fingerprint density at radius 1 is 1.13 bits per heavy atom. The number of nitrogens with zero attached hydrogens (tertiary/aromatic N) is 3. The topological polar surface area (TPSA) is 53.5 Å². The van der Waals surface area contributed by atoms with Gasteiger partial charge in [0.2, 0.25) is 11.8 Å². The van der Waals surface area contributed by atoms with Crippen LogP contribution < -0.4 is 0 Å². The molecule has 2 saturated heterocycles. The minimum absolute atomic E-state index is 0.143. The first kappa shape index (κ1) is 16.0. The van der Waals surface area contributed by atoms with Crippen molar-refractivity contribution >= 4 is 11.8 Å². The smallest absolute Gasteiger partial charge is 0.228 e. The molecule has 2 fully saturated rings. The Balaban J connectivity index is 1.51. The average molecular weight is 315 g/mol. The van der Waals surface area contributed by atoms with E-state index < -0.39 is 0 Å². The Kier molecular flexibility index (Phi) is 5.26. The fraction of sp³-hybridized carbons (Fsp3) is 0.611. The van der Waals surface area contributed by atoms with Gasteiger partial charge in [-0.2, -0.15) is 0 Å². The molecule has 23 heavy (non-hydrogen) atoms. The van der Waals surface area contributed by atoms with Gasteiger partial charge in [-0.15, -0.1) is 0 Å². The number of hydrogen-bond acceptors (Lipinski definition) is 3. The van der Waals surface area contributed by atoms with E-state index in [2.05, 4.69) is 9.88 Å². The quantitative estimate of drug-likeness (QED) is 0.857. The number of piperidine rings is 1. The molecule has 0 bridgehead atoms. The SMILES string of the molecule is O=C(Cc1ccccn1)N1CCC(N2CCCCCC2=O)CC1. The van der Waals surface area contributed by atoms with Crippen LogP contribution in [-0.2, 0) is 16.0 Å². The molecule has 3 heterocycles. The van der Waals surface area contributed by atoms with Crippen molar-refractivity contribution in [1.29, 1.82) is 0 Å². The van der Waals surface area contributed by atoms with Crippen LogP contribution in [0, 0.1) is 0 Å². The van der Waals surface area contributed by atoms with Crippen molar-refractivity contribution in [3.8, 4) is 0 Å². The molecule has 0 aromatic carbocycles. The predicted octanol–water partition coefficient (Wildman–Crippen LogP) is 2.02. The zero-order chi connectivity index (χ0) is 16.1. The standard InChI is InChI=1S/C18H25N3O2/c22-17-7-2-1-5-11-21(17)16-8-12-20(13-9-16)18(23)14-15-6-3-4-10-19-15/h3-4,6,10,16H,1-2,5,7-9,11-14H2. The lowest BCUT2D eigenvalue weighted by atomic mass is 10.0. The second-order valence-electron chi connectivity index (χ2n) is 6.51. The van der Waals surface area contributed by atoms with Crippen molar-refractivity contribution in [2.24, 2.45) is 0 Å². The van der Waals surface area contributed by atoms with Gasteiger partial charge in [0.15, 0.2) is 0 Å². The van der Waals surface area contributed by atoms with Crippen molar-refractivity contribution in [2.45, 2.75) is 51.0 Å². The molecule has 5 heteroatoms. The fourth-order valence-electron chi connectivity index (χ4n) is 3.59. The van der Waals surface area contributed by atoms with Gasteiger partial charge in [-0.05, 0) is 37.8 Å². The molecular formula is C18H25N3O2. The van der Waals surface area contributed by atoms with E-state index in [1.165, 1.54) is 0 Å². The highest BCUT2D eigenvalue weighted by atomic mass is 16.2.